The lowest BCUT2D eigenvalue weighted by molar-refractivity contribution is -0.137. The molecule has 1 unspecified atom stereocenters. The van der Waals surface area contributed by atoms with Gasteiger partial charge in [-0.05, 0) is 48.9 Å². The van der Waals surface area contributed by atoms with Crippen molar-refractivity contribution in [3.8, 4) is 0 Å². The fraction of sp³-hybridized carbons (Fsp3) is 0.286. The van der Waals surface area contributed by atoms with Gasteiger partial charge in [0, 0.05) is 6.20 Å². The van der Waals surface area contributed by atoms with Gasteiger partial charge in [0.1, 0.15) is 0 Å². The van der Waals surface area contributed by atoms with E-state index in [9.17, 15) is 13.2 Å². The van der Waals surface area contributed by atoms with Gasteiger partial charge in [-0.15, -0.1) is 0 Å². The van der Waals surface area contributed by atoms with Crippen molar-refractivity contribution in [2.75, 3.05) is 7.05 Å². The van der Waals surface area contributed by atoms with Crippen molar-refractivity contribution >= 4 is 0 Å². The van der Waals surface area contributed by atoms with Crippen LogP contribution in [0.5, 0.6) is 0 Å². The molecule has 0 saturated carbocycles. The predicted molar refractivity (Wildman–Crippen MR) is 69.1 cm³/mol. The van der Waals surface area contributed by atoms with E-state index in [4.69, 9.17) is 0 Å². The molecule has 0 aliphatic heterocycles. The molecule has 0 fully saturated rings. The lowest BCUT2D eigenvalue weighted by Crippen LogP contribution is -2.19. The summed E-state index contributed by atoms with van der Waals surface area (Å²) in [5.74, 6) is 0. The molecule has 2 rings (SSSR count). The van der Waals surface area contributed by atoms with Crippen LogP contribution in [-0.2, 0) is 6.18 Å². The fourth-order valence-electron chi connectivity index (χ4n) is 2.15. The van der Waals surface area contributed by atoms with Crippen LogP contribution >= 0.6 is 0 Å². The standard InChI is InChI=1S/C14H14F3N3/c1-9-7-11(14(15,16)17)3-4-12(9)13(18-2)10-5-6-19-20-8-10/h3-8,13,18H,1-2H3. The van der Waals surface area contributed by atoms with Crippen molar-refractivity contribution in [2.24, 2.45) is 0 Å². The van der Waals surface area contributed by atoms with Gasteiger partial charge in [0.05, 0.1) is 17.8 Å². The first-order chi connectivity index (χ1) is 9.43. The van der Waals surface area contributed by atoms with Crippen molar-refractivity contribution in [3.05, 3.63) is 58.9 Å². The van der Waals surface area contributed by atoms with Crippen LogP contribution in [0.15, 0.2) is 36.7 Å². The number of hydrogen-bond donors (Lipinski definition) is 1. The Balaban J connectivity index is 2.42. The molecule has 0 bridgehead atoms. The summed E-state index contributed by atoms with van der Waals surface area (Å²) < 4.78 is 38.0. The van der Waals surface area contributed by atoms with Crippen LogP contribution in [0.4, 0.5) is 13.2 Å². The lowest BCUT2D eigenvalue weighted by Gasteiger charge is -2.20. The van der Waals surface area contributed by atoms with E-state index < -0.39 is 11.7 Å². The number of halogens is 3. The van der Waals surface area contributed by atoms with Crippen molar-refractivity contribution < 1.29 is 13.2 Å². The zero-order valence-electron chi connectivity index (χ0n) is 11.1. The van der Waals surface area contributed by atoms with Crippen molar-refractivity contribution in [1.82, 2.24) is 15.5 Å². The highest BCUT2D eigenvalue weighted by molar-refractivity contribution is 5.39. The van der Waals surface area contributed by atoms with Gasteiger partial charge < -0.3 is 5.32 Å². The second-order valence-electron chi connectivity index (χ2n) is 4.47. The Morgan fingerprint density at radius 3 is 2.40 bits per heavy atom. The van der Waals surface area contributed by atoms with Crippen molar-refractivity contribution in [3.63, 3.8) is 0 Å². The number of aryl methyl sites for hydroxylation is 1. The average molecular weight is 281 g/mol. The van der Waals surface area contributed by atoms with E-state index in [1.54, 1.807) is 32.4 Å². The third-order valence-corrected chi connectivity index (χ3v) is 3.14. The Morgan fingerprint density at radius 2 is 1.90 bits per heavy atom. The smallest absolute Gasteiger partial charge is 0.309 e. The third-order valence-electron chi connectivity index (χ3n) is 3.14. The Hall–Kier alpha value is -1.95. The number of rotatable bonds is 3. The zero-order chi connectivity index (χ0) is 14.8. The van der Waals surface area contributed by atoms with E-state index in [-0.39, 0.29) is 6.04 Å². The summed E-state index contributed by atoms with van der Waals surface area (Å²) in [6.07, 6.45) is -1.17. The van der Waals surface area contributed by atoms with Crippen molar-refractivity contribution in [1.29, 1.82) is 0 Å². The molecule has 1 heterocycles. The van der Waals surface area contributed by atoms with Crippen LogP contribution in [0.1, 0.15) is 28.3 Å². The number of benzene rings is 1. The second-order valence-corrected chi connectivity index (χ2v) is 4.47. The highest BCUT2D eigenvalue weighted by Crippen LogP contribution is 2.32. The summed E-state index contributed by atoms with van der Waals surface area (Å²) in [6.45, 7) is 1.67. The molecule has 1 aromatic carbocycles. The minimum absolute atomic E-state index is 0.215. The SMILES string of the molecule is CNC(c1ccnnc1)c1ccc(C(F)(F)F)cc1C. The first kappa shape index (κ1) is 14.5. The second kappa shape index (κ2) is 5.58. The molecule has 3 nitrogen and oxygen atoms in total. The van der Waals surface area contributed by atoms with Crippen LogP contribution in [-0.4, -0.2) is 17.2 Å². The molecule has 106 valence electrons. The van der Waals surface area contributed by atoms with Gasteiger partial charge in [-0.25, -0.2) is 0 Å². The summed E-state index contributed by atoms with van der Waals surface area (Å²) in [5, 5.41) is 10.6. The molecule has 0 saturated heterocycles. The topological polar surface area (TPSA) is 37.8 Å². The molecule has 2 aromatic rings. The summed E-state index contributed by atoms with van der Waals surface area (Å²) in [6, 6.07) is 5.33. The Kier molecular flexibility index (Phi) is 4.04. The molecule has 0 spiro atoms. The van der Waals surface area contributed by atoms with Crippen LogP contribution in [0.3, 0.4) is 0 Å². The van der Waals surface area contributed by atoms with E-state index in [1.165, 1.54) is 6.07 Å². The number of hydrogen-bond acceptors (Lipinski definition) is 3. The van der Waals surface area contributed by atoms with Gasteiger partial charge in [-0.3, -0.25) is 0 Å². The number of alkyl halides is 3. The maximum absolute atomic E-state index is 12.7. The number of aromatic nitrogens is 2. The molecule has 1 atom stereocenters. The van der Waals surface area contributed by atoms with Crippen molar-refractivity contribution in [2.45, 2.75) is 19.1 Å². The molecular formula is C14H14F3N3. The van der Waals surface area contributed by atoms with E-state index in [1.807, 2.05) is 0 Å². The van der Waals surface area contributed by atoms with Gasteiger partial charge in [0.2, 0.25) is 0 Å². The fourth-order valence-corrected chi connectivity index (χ4v) is 2.15. The quantitative estimate of drug-likeness (QED) is 0.939. The van der Waals surface area contributed by atoms with E-state index in [2.05, 4.69) is 15.5 Å². The minimum Gasteiger partial charge on any atom is -0.309 e. The average Bonchev–Trinajstić information content (AvgIpc) is 2.41. The summed E-state index contributed by atoms with van der Waals surface area (Å²) in [4.78, 5) is 0. The molecule has 6 heteroatoms. The van der Waals surface area contributed by atoms with Gasteiger partial charge in [0.25, 0.3) is 0 Å². The summed E-state index contributed by atoms with van der Waals surface area (Å²) >= 11 is 0. The summed E-state index contributed by atoms with van der Waals surface area (Å²) in [7, 11) is 1.75. The maximum atomic E-state index is 12.7. The monoisotopic (exact) mass is 281 g/mol. The Morgan fingerprint density at radius 1 is 1.15 bits per heavy atom. The maximum Gasteiger partial charge on any atom is 0.416 e. The van der Waals surface area contributed by atoms with Gasteiger partial charge in [-0.1, -0.05) is 6.07 Å². The van der Waals surface area contributed by atoms with Crippen LogP contribution in [0.25, 0.3) is 0 Å². The molecule has 0 radical (unpaired) electrons. The van der Waals surface area contributed by atoms with E-state index >= 15 is 0 Å². The first-order valence-electron chi connectivity index (χ1n) is 6.05. The van der Waals surface area contributed by atoms with Gasteiger partial charge in [-0.2, -0.15) is 23.4 Å². The summed E-state index contributed by atoms with van der Waals surface area (Å²) in [5.41, 5.74) is 1.58. The Bertz CT molecular complexity index is 582. The lowest BCUT2D eigenvalue weighted by atomic mass is 9.95. The molecule has 1 N–H and O–H groups in total. The largest absolute Gasteiger partial charge is 0.416 e. The van der Waals surface area contributed by atoms with Gasteiger partial charge >= 0.3 is 6.18 Å². The zero-order valence-corrected chi connectivity index (χ0v) is 11.1. The van der Waals surface area contributed by atoms with Crippen LogP contribution in [0.2, 0.25) is 0 Å². The molecule has 0 aliphatic rings. The van der Waals surface area contributed by atoms with Crippen LogP contribution < -0.4 is 5.32 Å². The van der Waals surface area contributed by atoms with E-state index in [0.29, 0.717) is 5.56 Å². The number of nitrogens with one attached hydrogen (secondary N) is 1. The normalized spacial score (nSPS) is 13.2. The number of nitrogens with zero attached hydrogens (tertiary/aromatic N) is 2. The van der Waals surface area contributed by atoms with Crippen LogP contribution in [0, 0.1) is 6.92 Å². The molecule has 20 heavy (non-hydrogen) atoms. The van der Waals surface area contributed by atoms with E-state index in [0.717, 1.165) is 23.3 Å². The molecule has 0 amide bonds. The predicted octanol–water partition coefficient (Wildman–Crippen LogP) is 3.11. The third kappa shape index (κ3) is 2.96. The first-order valence-corrected chi connectivity index (χ1v) is 6.05. The molecular weight excluding hydrogens is 267 g/mol. The highest BCUT2D eigenvalue weighted by Gasteiger charge is 2.31. The molecule has 1 aromatic heterocycles. The highest BCUT2D eigenvalue weighted by atomic mass is 19.4. The minimum atomic E-state index is -4.32. The molecule has 0 aliphatic carbocycles. The van der Waals surface area contributed by atoms with Gasteiger partial charge in [0.15, 0.2) is 0 Å². The Labute approximate surface area is 114 Å².